The Balaban J connectivity index is 2.21. The summed E-state index contributed by atoms with van der Waals surface area (Å²) in [5.74, 6) is 0.760. The summed E-state index contributed by atoms with van der Waals surface area (Å²) in [5, 5.41) is 2.02. The lowest BCUT2D eigenvalue weighted by Gasteiger charge is -2.27. The van der Waals surface area contributed by atoms with Crippen LogP contribution in [0.2, 0.25) is 0 Å². The summed E-state index contributed by atoms with van der Waals surface area (Å²) in [5.41, 5.74) is 0. The van der Waals surface area contributed by atoms with Crippen molar-refractivity contribution in [2.75, 3.05) is 24.4 Å². The highest BCUT2D eigenvalue weighted by molar-refractivity contribution is 7.53. The molecule has 5 nitrogen and oxygen atoms in total. The Morgan fingerprint density at radius 1 is 1.18 bits per heavy atom. The molecule has 0 aliphatic heterocycles. The lowest BCUT2D eigenvalue weighted by atomic mass is 10.4. The fourth-order valence-corrected chi connectivity index (χ4v) is 4.46. The molecule has 0 aliphatic rings. The van der Waals surface area contributed by atoms with Crippen molar-refractivity contribution in [1.82, 2.24) is 4.98 Å². The van der Waals surface area contributed by atoms with E-state index in [0.717, 1.165) is 5.82 Å². The third-order valence-corrected chi connectivity index (χ3v) is 5.75. The van der Waals surface area contributed by atoms with E-state index in [1.807, 2.05) is 54.5 Å². The zero-order valence-corrected chi connectivity index (χ0v) is 14.6. The molecule has 7 heteroatoms. The minimum absolute atomic E-state index is 0.184. The van der Waals surface area contributed by atoms with Gasteiger partial charge in [-0.25, -0.2) is 4.98 Å². The van der Waals surface area contributed by atoms with Crippen LogP contribution in [0.5, 0.6) is 0 Å². The second-order valence-corrected chi connectivity index (χ2v) is 7.61. The van der Waals surface area contributed by atoms with Crippen LogP contribution in [0.15, 0.2) is 41.9 Å². The summed E-state index contributed by atoms with van der Waals surface area (Å²) < 4.78 is 23.6. The van der Waals surface area contributed by atoms with Gasteiger partial charge in [-0.3, -0.25) is 4.57 Å². The van der Waals surface area contributed by atoms with Crippen LogP contribution in [0.25, 0.3) is 0 Å². The molecule has 0 N–H and O–H groups in total. The van der Waals surface area contributed by atoms with Crippen LogP contribution in [0.1, 0.15) is 18.7 Å². The van der Waals surface area contributed by atoms with E-state index in [-0.39, 0.29) is 6.29 Å². The summed E-state index contributed by atoms with van der Waals surface area (Å²) in [6.45, 7) is 4.96. The third kappa shape index (κ3) is 4.92. The molecule has 0 atom stereocenters. The van der Waals surface area contributed by atoms with E-state index in [0.29, 0.717) is 19.8 Å². The van der Waals surface area contributed by atoms with Gasteiger partial charge >= 0.3 is 7.60 Å². The third-order valence-electron chi connectivity index (χ3n) is 2.90. The molecule has 0 aromatic carbocycles. The van der Waals surface area contributed by atoms with Gasteiger partial charge in [-0.1, -0.05) is 12.1 Å². The lowest BCUT2D eigenvalue weighted by Crippen LogP contribution is -2.25. The summed E-state index contributed by atoms with van der Waals surface area (Å²) in [4.78, 5) is 7.48. The quantitative estimate of drug-likeness (QED) is 0.634. The molecule has 2 rings (SSSR count). The van der Waals surface area contributed by atoms with Gasteiger partial charge in [0.05, 0.1) is 19.8 Å². The van der Waals surface area contributed by atoms with E-state index >= 15 is 0 Å². The molecule has 0 bridgehead atoms. The number of anilines is 1. The van der Waals surface area contributed by atoms with E-state index in [4.69, 9.17) is 9.05 Å². The monoisotopic (exact) mass is 340 g/mol. The maximum atomic E-state index is 12.8. The van der Waals surface area contributed by atoms with Crippen molar-refractivity contribution in [3.8, 4) is 0 Å². The van der Waals surface area contributed by atoms with Crippen molar-refractivity contribution in [2.45, 2.75) is 20.4 Å². The fraction of sp³-hybridized carbons (Fsp3) is 0.400. The molecule has 0 saturated carbocycles. The first-order chi connectivity index (χ1) is 10.7. The highest BCUT2D eigenvalue weighted by Gasteiger charge is 2.28. The van der Waals surface area contributed by atoms with Crippen LogP contribution in [0.3, 0.4) is 0 Å². The fourth-order valence-electron chi connectivity index (χ4n) is 2.06. The molecule has 0 saturated heterocycles. The van der Waals surface area contributed by atoms with E-state index in [9.17, 15) is 4.57 Å². The first-order valence-electron chi connectivity index (χ1n) is 7.23. The van der Waals surface area contributed by atoms with E-state index in [2.05, 4.69) is 4.98 Å². The van der Waals surface area contributed by atoms with E-state index in [1.54, 1.807) is 17.5 Å². The molecule has 2 heterocycles. The molecule has 120 valence electrons. The lowest BCUT2D eigenvalue weighted by molar-refractivity contribution is 0.220. The topological polar surface area (TPSA) is 51.7 Å². The minimum Gasteiger partial charge on any atom is -0.339 e. The SMILES string of the molecule is CCOP(=O)(CN(Cc1cccs1)c1ccccn1)OCC. The molecule has 0 spiro atoms. The van der Waals surface area contributed by atoms with Gasteiger partial charge in [0.2, 0.25) is 0 Å². The van der Waals surface area contributed by atoms with Gasteiger partial charge in [0.15, 0.2) is 0 Å². The molecule has 2 aromatic heterocycles. The van der Waals surface area contributed by atoms with E-state index < -0.39 is 7.60 Å². The van der Waals surface area contributed by atoms with Crippen molar-refractivity contribution in [3.63, 3.8) is 0 Å². The Kier molecular flexibility index (Phi) is 6.58. The highest BCUT2D eigenvalue weighted by Crippen LogP contribution is 2.49. The van der Waals surface area contributed by atoms with Crippen molar-refractivity contribution >= 4 is 24.8 Å². The van der Waals surface area contributed by atoms with Gasteiger partial charge in [-0.05, 0) is 37.4 Å². The number of rotatable bonds is 9. The van der Waals surface area contributed by atoms with Gasteiger partial charge in [0, 0.05) is 11.1 Å². The average Bonchev–Trinajstić information content (AvgIpc) is 3.01. The van der Waals surface area contributed by atoms with Crippen molar-refractivity contribution in [1.29, 1.82) is 0 Å². The number of aromatic nitrogens is 1. The molecule has 0 radical (unpaired) electrons. The molecular formula is C15H21N2O3PS. The summed E-state index contributed by atoms with van der Waals surface area (Å²) >= 11 is 1.66. The van der Waals surface area contributed by atoms with Crippen LogP contribution in [0.4, 0.5) is 5.82 Å². The van der Waals surface area contributed by atoms with Crippen LogP contribution >= 0.6 is 18.9 Å². The largest absolute Gasteiger partial charge is 0.349 e. The molecule has 0 fully saturated rings. The molecular weight excluding hydrogens is 319 g/mol. The Morgan fingerprint density at radius 3 is 2.50 bits per heavy atom. The number of nitrogens with zero attached hydrogens (tertiary/aromatic N) is 2. The van der Waals surface area contributed by atoms with Gasteiger partial charge in [-0.2, -0.15) is 0 Å². The predicted molar refractivity (Wildman–Crippen MR) is 90.5 cm³/mol. The van der Waals surface area contributed by atoms with Crippen molar-refractivity contribution in [2.24, 2.45) is 0 Å². The Morgan fingerprint density at radius 2 is 1.95 bits per heavy atom. The van der Waals surface area contributed by atoms with Crippen molar-refractivity contribution < 1.29 is 13.6 Å². The van der Waals surface area contributed by atoms with Gasteiger partial charge in [-0.15, -0.1) is 11.3 Å². The Labute approximate surface area is 135 Å². The summed E-state index contributed by atoms with van der Waals surface area (Å²) in [7, 11) is -3.17. The van der Waals surface area contributed by atoms with Gasteiger partial charge in [0.25, 0.3) is 0 Å². The average molecular weight is 340 g/mol. The second-order valence-electron chi connectivity index (χ2n) is 4.55. The van der Waals surface area contributed by atoms with Crippen LogP contribution in [-0.4, -0.2) is 24.5 Å². The number of thiophene rings is 1. The number of hydrogen-bond donors (Lipinski definition) is 0. The zero-order chi connectivity index (χ0) is 15.8. The van der Waals surface area contributed by atoms with Gasteiger partial charge < -0.3 is 13.9 Å². The van der Waals surface area contributed by atoms with Crippen LogP contribution in [-0.2, 0) is 20.2 Å². The minimum atomic E-state index is -3.17. The van der Waals surface area contributed by atoms with Crippen LogP contribution in [0, 0.1) is 0 Å². The Bertz CT molecular complexity index is 582. The maximum Gasteiger partial charge on any atom is 0.349 e. The molecule has 0 unspecified atom stereocenters. The smallest absolute Gasteiger partial charge is 0.339 e. The molecule has 0 amide bonds. The Hall–Kier alpha value is -1.20. The normalized spacial score (nSPS) is 11.5. The molecule has 2 aromatic rings. The zero-order valence-electron chi connectivity index (χ0n) is 12.8. The molecule has 0 aliphatic carbocycles. The number of pyridine rings is 1. The van der Waals surface area contributed by atoms with Crippen molar-refractivity contribution in [3.05, 3.63) is 46.8 Å². The summed E-state index contributed by atoms with van der Waals surface area (Å²) in [6.07, 6.45) is 1.91. The predicted octanol–water partition coefficient (Wildman–Crippen LogP) is 4.37. The first kappa shape index (κ1) is 17.2. The highest BCUT2D eigenvalue weighted by atomic mass is 32.1. The van der Waals surface area contributed by atoms with E-state index in [1.165, 1.54) is 4.88 Å². The maximum absolute atomic E-state index is 12.8. The first-order valence-corrected chi connectivity index (χ1v) is 9.84. The summed E-state index contributed by atoms with van der Waals surface area (Å²) in [6, 6.07) is 9.72. The van der Waals surface area contributed by atoms with Gasteiger partial charge in [0.1, 0.15) is 12.1 Å². The molecule has 22 heavy (non-hydrogen) atoms. The standard InChI is InChI=1S/C15H21N2O3PS/c1-3-19-21(18,20-4-2)13-17(12-14-8-7-11-22-14)15-9-5-6-10-16-15/h5-11H,3-4,12-13H2,1-2H3. The second kappa shape index (κ2) is 8.44. The number of hydrogen-bond acceptors (Lipinski definition) is 6. The van der Waals surface area contributed by atoms with Crippen LogP contribution < -0.4 is 4.90 Å².